The zero-order valence-electron chi connectivity index (χ0n) is 12.7. The van der Waals surface area contributed by atoms with Gasteiger partial charge >= 0.3 is 0 Å². The van der Waals surface area contributed by atoms with E-state index in [0.717, 1.165) is 5.69 Å². The molecule has 1 N–H and O–H groups in total. The van der Waals surface area contributed by atoms with Crippen molar-refractivity contribution in [1.82, 2.24) is 9.78 Å². The molecule has 3 rings (SSSR count). The van der Waals surface area contributed by atoms with Gasteiger partial charge in [0.25, 0.3) is 5.91 Å². The molecule has 118 valence electrons. The number of amides is 2. The van der Waals surface area contributed by atoms with Crippen LogP contribution in [0.15, 0.2) is 30.3 Å². The lowest BCUT2D eigenvalue weighted by Gasteiger charge is -2.28. The van der Waals surface area contributed by atoms with Gasteiger partial charge < -0.3 is 5.32 Å². The van der Waals surface area contributed by atoms with Crippen molar-refractivity contribution in [1.29, 1.82) is 0 Å². The Balaban J connectivity index is 1.89. The van der Waals surface area contributed by atoms with Crippen LogP contribution in [0.25, 0.3) is 6.08 Å². The third-order valence-corrected chi connectivity index (χ3v) is 4.07. The van der Waals surface area contributed by atoms with E-state index in [4.69, 9.17) is 11.6 Å². The molecule has 2 heterocycles. The number of rotatable bonds is 2. The highest BCUT2D eigenvalue weighted by Gasteiger charge is 2.25. The smallest absolute Gasteiger partial charge is 0.251 e. The molecule has 0 bridgehead atoms. The second-order valence-electron chi connectivity index (χ2n) is 5.24. The predicted molar refractivity (Wildman–Crippen MR) is 89.4 cm³/mol. The summed E-state index contributed by atoms with van der Waals surface area (Å²) >= 11 is 6.15. The quantitative estimate of drug-likeness (QED) is 0.860. The van der Waals surface area contributed by atoms with Crippen LogP contribution in [0.1, 0.15) is 11.3 Å². The average molecular weight is 331 g/mol. The second-order valence-corrected chi connectivity index (χ2v) is 5.59. The largest absolute Gasteiger partial charge is 0.323 e. The number of carbonyl (C=O) groups is 2. The number of halogens is 1. The summed E-state index contributed by atoms with van der Waals surface area (Å²) in [6, 6.07) is 7.19. The zero-order chi connectivity index (χ0) is 16.6. The van der Waals surface area contributed by atoms with E-state index in [-0.39, 0.29) is 18.4 Å². The van der Waals surface area contributed by atoms with E-state index < -0.39 is 0 Å². The van der Waals surface area contributed by atoms with E-state index >= 15 is 0 Å². The van der Waals surface area contributed by atoms with Crippen LogP contribution >= 0.6 is 11.6 Å². The number of nitrogens with one attached hydrogen (secondary N) is 1. The monoisotopic (exact) mass is 330 g/mol. The third kappa shape index (κ3) is 2.85. The number of aromatic nitrogens is 2. The molecule has 0 aliphatic carbocycles. The molecule has 1 aliphatic rings. The van der Waals surface area contributed by atoms with Crippen molar-refractivity contribution in [2.45, 2.75) is 6.92 Å². The second kappa shape index (κ2) is 5.89. The number of hydrogen-bond acceptors (Lipinski definition) is 3. The van der Waals surface area contributed by atoms with Crippen molar-refractivity contribution in [3.05, 3.63) is 46.8 Å². The SMILES string of the molecule is Cc1nn(C)c(Cl)c1/C=C/C(=O)N1CC(=O)Nc2ccccc21. The first kappa shape index (κ1) is 15.3. The molecule has 1 aromatic carbocycles. The standard InChI is InChI=1S/C16H15ClN4O2/c1-10-11(16(17)20(2)19-10)7-8-15(23)21-9-14(22)18-12-5-3-4-6-13(12)21/h3-8H,9H2,1-2H3,(H,18,22)/b8-7+. The number of aryl methyl sites for hydroxylation is 2. The Bertz CT molecular complexity index is 825. The Labute approximate surface area is 138 Å². The Hall–Kier alpha value is -2.60. The number of fused-ring (bicyclic) bond motifs is 1. The average Bonchev–Trinajstić information content (AvgIpc) is 2.77. The lowest BCUT2D eigenvalue weighted by molar-refractivity contribution is -0.119. The lowest BCUT2D eigenvalue weighted by Crippen LogP contribution is -2.41. The van der Waals surface area contributed by atoms with Crippen LogP contribution in [0.4, 0.5) is 11.4 Å². The summed E-state index contributed by atoms with van der Waals surface area (Å²) in [5.74, 6) is -0.507. The van der Waals surface area contributed by atoms with E-state index in [2.05, 4.69) is 10.4 Å². The Morgan fingerprint density at radius 3 is 2.83 bits per heavy atom. The predicted octanol–water partition coefficient (Wildman–Crippen LogP) is 2.38. The van der Waals surface area contributed by atoms with Gasteiger partial charge in [-0.15, -0.1) is 0 Å². The molecule has 0 spiro atoms. The first-order valence-corrected chi connectivity index (χ1v) is 7.42. The van der Waals surface area contributed by atoms with E-state index in [1.807, 2.05) is 19.1 Å². The molecular weight excluding hydrogens is 316 g/mol. The molecule has 0 radical (unpaired) electrons. The van der Waals surface area contributed by atoms with Crippen LogP contribution in [-0.4, -0.2) is 28.1 Å². The number of para-hydroxylation sites is 2. The number of carbonyl (C=O) groups excluding carboxylic acids is 2. The first-order valence-electron chi connectivity index (χ1n) is 7.05. The summed E-state index contributed by atoms with van der Waals surface area (Å²) < 4.78 is 1.55. The van der Waals surface area contributed by atoms with Crippen molar-refractivity contribution < 1.29 is 9.59 Å². The highest BCUT2D eigenvalue weighted by Crippen LogP contribution is 2.29. The van der Waals surface area contributed by atoms with Gasteiger partial charge in [-0.2, -0.15) is 5.10 Å². The number of benzene rings is 1. The summed E-state index contributed by atoms with van der Waals surface area (Å²) in [6.07, 6.45) is 3.04. The van der Waals surface area contributed by atoms with Crippen LogP contribution in [0.2, 0.25) is 5.15 Å². The maximum Gasteiger partial charge on any atom is 0.251 e. The minimum atomic E-state index is -0.286. The number of hydrogen-bond donors (Lipinski definition) is 1. The van der Waals surface area contributed by atoms with E-state index in [1.165, 1.54) is 11.0 Å². The molecular formula is C16H15ClN4O2. The van der Waals surface area contributed by atoms with Gasteiger partial charge in [0, 0.05) is 18.7 Å². The molecule has 0 atom stereocenters. The Kier molecular flexibility index (Phi) is 3.92. The van der Waals surface area contributed by atoms with Gasteiger partial charge in [0.2, 0.25) is 5.91 Å². The van der Waals surface area contributed by atoms with Crippen molar-refractivity contribution in [3.8, 4) is 0 Å². The molecule has 0 unspecified atom stereocenters. The molecule has 1 aromatic heterocycles. The Morgan fingerprint density at radius 2 is 2.13 bits per heavy atom. The van der Waals surface area contributed by atoms with Gasteiger partial charge in [0.05, 0.1) is 17.1 Å². The van der Waals surface area contributed by atoms with Gasteiger partial charge in [0.15, 0.2) is 0 Å². The fourth-order valence-corrected chi connectivity index (χ4v) is 2.75. The van der Waals surface area contributed by atoms with E-state index in [9.17, 15) is 9.59 Å². The van der Waals surface area contributed by atoms with Crippen LogP contribution in [0.3, 0.4) is 0 Å². The van der Waals surface area contributed by atoms with Crippen LogP contribution in [-0.2, 0) is 16.6 Å². The number of nitrogens with zero attached hydrogens (tertiary/aromatic N) is 3. The van der Waals surface area contributed by atoms with Crippen molar-refractivity contribution in [2.75, 3.05) is 16.8 Å². The summed E-state index contributed by atoms with van der Waals surface area (Å²) in [4.78, 5) is 25.7. The summed E-state index contributed by atoms with van der Waals surface area (Å²) in [6.45, 7) is 1.81. The first-order chi connectivity index (χ1) is 11.0. The Morgan fingerprint density at radius 1 is 1.39 bits per heavy atom. The molecule has 0 saturated heterocycles. The van der Waals surface area contributed by atoms with E-state index in [0.29, 0.717) is 22.1 Å². The highest BCUT2D eigenvalue weighted by molar-refractivity contribution is 6.31. The minimum absolute atomic E-state index is 0.0139. The molecule has 1 aliphatic heterocycles. The molecule has 2 amide bonds. The van der Waals surface area contributed by atoms with Gasteiger partial charge in [-0.25, -0.2) is 0 Å². The topological polar surface area (TPSA) is 67.2 Å². The molecule has 23 heavy (non-hydrogen) atoms. The third-order valence-electron chi connectivity index (χ3n) is 3.63. The molecule has 0 fully saturated rings. The minimum Gasteiger partial charge on any atom is -0.323 e. The van der Waals surface area contributed by atoms with Crippen LogP contribution in [0, 0.1) is 6.92 Å². The van der Waals surface area contributed by atoms with E-state index in [1.54, 1.807) is 29.9 Å². The fraction of sp³-hybridized carbons (Fsp3) is 0.188. The van der Waals surface area contributed by atoms with Gasteiger partial charge in [-0.1, -0.05) is 23.7 Å². The molecule has 0 saturated carbocycles. The summed E-state index contributed by atoms with van der Waals surface area (Å²) in [5.41, 5.74) is 2.73. The van der Waals surface area contributed by atoms with Crippen molar-refractivity contribution in [3.63, 3.8) is 0 Å². The lowest BCUT2D eigenvalue weighted by atomic mass is 10.2. The van der Waals surface area contributed by atoms with Gasteiger partial charge in [0.1, 0.15) is 11.7 Å². The number of anilines is 2. The van der Waals surface area contributed by atoms with Crippen molar-refractivity contribution >= 4 is 40.9 Å². The highest BCUT2D eigenvalue weighted by atomic mass is 35.5. The van der Waals surface area contributed by atoms with Crippen molar-refractivity contribution in [2.24, 2.45) is 7.05 Å². The maximum atomic E-state index is 12.5. The summed E-state index contributed by atoms with van der Waals surface area (Å²) in [7, 11) is 1.74. The van der Waals surface area contributed by atoms with Gasteiger partial charge in [-0.05, 0) is 25.1 Å². The maximum absolute atomic E-state index is 12.5. The van der Waals surface area contributed by atoms with Gasteiger partial charge in [-0.3, -0.25) is 19.2 Å². The molecule has 7 heteroatoms. The zero-order valence-corrected chi connectivity index (χ0v) is 13.5. The van der Waals surface area contributed by atoms with Crippen LogP contribution < -0.4 is 10.2 Å². The molecule has 6 nitrogen and oxygen atoms in total. The van der Waals surface area contributed by atoms with Crippen LogP contribution in [0.5, 0.6) is 0 Å². The summed E-state index contributed by atoms with van der Waals surface area (Å²) in [5, 5.41) is 7.40. The fourth-order valence-electron chi connectivity index (χ4n) is 2.51. The normalized spacial score (nSPS) is 14.0. The molecule has 2 aromatic rings.